The third-order valence-electron chi connectivity index (χ3n) is 2.47. The molecule has 21 heavy (non-hydrogen) atoms. The summed E-state index contributed by atoms with van der Waals surface area (Å²) in [4.78, 5) is 15.3. The molecule has 1 aromatic heterocycles. The maximum atomic E-state index is 11.5. The van der Waals surface area contributed by atoms with Crippen molar-refractivity contribution in [2.24, 2.45) is 4.36 Å². The summed E-state index contributed by atoms with van der Waals surface area (Å²) in [5.41, 5.74) is 6.75. The minimum Gasteiger partial charge on any atom is -0.508 e. The second kappa shape index (κ2) is 6.45. The van der Waals surface area contributed by atoms with Crippen LogP contribution < -0.4 is 5.73 Å². The SMILES string of the molecule is Nc1ncc(C(=O)N=S=O)cc1C#Cc1cccc(O)c1. The van der Waals surface area contributed by atoms with Gasteiger partial charge in [0.2, 0.25) is 11.5 Å². The first kappa shape index (κ1) is 14.4. The summed E-state index contributed by atoms with van der Waals surface area (Å²) >= 11 is -0.171. The number of amides is 1. The molecule has 0 unspecified atom stereocenters. The predicted molar refractivity (Wildman–Crippen MR) is 77.6 cm³/mol. The van der Waals surface area contributed by atoms with E-state index in [-0.39, 0.29) is 28.6 Å². The molecular formula is C14H9N3O3S. The highest BCUT2D eigenvalue weighted by molar-refractivity contribution is 7.55. The Morgan fingerprint density at radius 2 is 2.14 bits per heavy atom. The number of aromatic nitrogens is 1. The average molecular weight is 299 g/mol. The van der Waals surface area contributed by atoms with Crippen molar-refractivity contribution in [2.45, 2.75) is 0 Å². The van der Waals surface area contributed by atoms with E-state index in [0.29, 0.717) is 11.1 Å². The highest BCUT2D eigenvalue weighted by Gasteiger charge is 2.07. The summed E-state index contributed by atoms with van der Waals surface area (Å²) in [6, 6.07) is 7.82. The molecule has 0 atom stereocenters. The lowest BCUT2D eigenvalue weighted by molar-refractivity contribution is 0.100. The average Bonchev–Trinajstić information content (AvgIpc) is 2.46. The van der Waals surface area contributed by atoms with Crippen molar-refractivity contribution in [2.75, 3.05) is 5.73 Å². The molecule has 3 N–H and O–H groups in total. The lowest BCUT2D eigenvalue weighted by Crippen LogP contribution is -2.00. The van der Waals surface area contributed by atoms with Crippen molar-refractivity contribution >= 4 is 23.2 Å². The molecular weight excluding hydrogens is 290 g/mol. The van der Waals surface area contributed by atoms with Crippen LogP contribution in [0.4, 0.5) is 5.82 Å². The first-order chi connectivity index (χ1) is 10.1. The normalized spacial score (nSPS) is 9.33. The van der Waals surface area contributed by atoms with Crippen LogP contribution in [0.15, 0.2) is 40.9 Å². The molecule has 1 heterocycles. The molecule has 0 aliphatic heterocycles. The molecule has 2 aromatic rings. The van der Waals surface area contributed by atoms with E-state index in [4.69, 9.17) is 5.73 Å². The van der Waals surface area contributed by atoms with Crippen LogP contribution in [0.5, 0.6) is 5.75 Å². The molecule has 1 amide bonds. The number of pyridine rings is 1. The third-order valence-corrected chi connectivity index (χ3v) is 2.71. The fourth-order valence-electron chi connectivity index (χ4n) is 1.50. The minimum atomic E-state index is -0.692. The Morgan fingerprint density at radius 1 is 1.33 bits per heavy atom. The van der Waals surface area contributed by atoms with Gasteiger partial charge in [0.05, 0.1) is 11.1 Å². The number of carbonyl (C=O) groups excluding carboxylic acids is 1. The van der Waals surface area contributed by atoms with Gasteiger partial charge in [0.1, 0.15) is 11.6 Å². The van der Waals surface area contributed by atoms with Gasteiger partial charge in [-0.2, -0.15) is 4.21 Å². The highest BCUT2D eigenvalue weighted by atomic mass is 32.1. The first-order valence-electron chi connectivity index (χ1n) is 5.71. The summed E-state index contributed by atoms with van der Waals surface area (Å²) in [6.07, 6.45) is 1.23. The Kier molecular flexibility index (Phi) is 4.43. The molecule has 6 nitrogen and oxygen atoms in total. The van der Waals surface area contributed by atoms with E-state index in [1.54, 1.807) is 12.1 Å². The van der Waals surface area contributed by atoms with Crippen molar-refractivity contribution in [1.29, 1.82) is 0 Å². The number of hydrogen-bond acceptors (Lipinski definition) is 5. The predicted octanol–water partition coefficient (Wildman–Crippen LogP) is 1.31. The third kappa shape index (κ3) is 3.75. The molecule has 0 saturated carbocycles. The van der Waals surface area contributed by atoms with Gasteiger partial charge >= 0.3 is 0 Å². The summed E-state index contributed by atoms with van der Waals surface area (Å²) < 4.78 is 13.4. The van der Waals surface area contributed by atoms with Gasteiger partial charge in [-0.3, -0.25) is 4.79 Å². The van der Waals surface area contributed by atoms with E-state index >= 15 is 0 Å². The quantitative estimate of drug-likeness (QED) is 0.772. The number of carbonyl (C=O) groups is 1. The number of phenolic OH excluding ortho intramolecular Hbond substituents is 1. The number of anilines is 1. The topological polar surface area (TPSA) is 106 Å². The summed E-state index contributed by atoms with van der Waals surface area (Å²) in [5, 5.41) is 9.35. The number of rotatable bonds is 1. The van der Waals surface area contributed by atoms with Gasteiger partial charge in [-0.05, 0) is 24.3 Å². The number of phenols is 1. The van der Waals surface area contributed by atoms with E-state index in [1.165, 1.54) is 24.4 Å². The number of nitrogens with zero attached hydrogens (tertiary/aromatic N) is 2. The molecule has 0 aliphatic rings. The fourth-order valence-corrected chi connectivity index (χ4v) is 1.68. The van der Waals surface area contributed by atoms with Crippen LogP contribution in [0.2, 0.25) is 0 Å². The highest BCUT2D eigenvalue weighted by Crippen LogP contribution is 2.12. The lowest BCUT2D eigenvalue weighted by atomic mass is 10.1. The van der Waals surface area contributed by atoms with E-state index in [0.717, 1.165) is 0 Å². The van der Waals surface area contributed by atoms with Crippen molar-refractivity contribution in [1.82, 2.24) is 4.98 Å². The van der Waals surface area contributed by atoms with Crippen LogP contribution >= 0.6 is 0 Å². The standard InChI is InChI=1S/C14H9N3O3S/c15-13-10(5-4-9-2-1-3-12(18)6-9)7-11(8-16-13)14(19)17-21-20/h1-3,6-8,18H,(H2,15,16). The smallest absolute Gasteiger partial charge is 0.291 e. The van der Waals surface area contributed by atoms with Gasteiger partial charge in [-0.25, -0.2) is 4.98 Å². The van der Waals surface area contributed by atoms with Gasteiger partial charge < -0.3 is 10.8 Å². The molecule has 0 radical (unpaired) electrons. The van der Waals surface area contributed by atoms with E-state index in [1.807, 2.05) is 0 Å². The van der Waals surface area contributed by atoms with Gasteiger partial charge in [0, 0.05) is 11.8 Å². The van der Waals surface area contributed by atoms with Gasteiger partial charge in [0.25, 0.3) is 5.91 Å². The molecule has 1 aromatic carbocycles. The van der Waals surface area contributed by atoms with Crippen molar-refractivity contribution < 1.29 is 14.1 Å². The molecule has 0 aliphatic carbocycles. The Hall–Kier alpha value is -2.98. The second-order valence-electron chi connectivity index (χ2n) is 3.93. The van der Waals surface area contributed by atoms with Crippen molar-refractivity contribution in [3.05, 3.63) is 53.2 Å². The maximum absolute atomic E-state index is 11.5. The molecule has 0 bridgehead atoms. The second-order valence-corrected chi connectivity index (χ2v) is 4.26. The Bertz CT molecular complexity index is 818. The number of aromatic hydroxyl groups is 1. The fraction of sp³-hybridized carbons (Fsp3) is 0. The van der Waals surface area contributed by atoms with Crippen LogP contribution in [0.3, 0.4) is 0 Å². The maximum Gasteiger partial charge on any atom is 0.291 e. The molecule has 0 spiro atoms. The number of benzene rings is 1. The zero-order valence-corrected chi connectivity index (χ0v) is 11.4. The van der Waals surface area contributed by atoms with E-state index < -0.39 is 5.91 Å². The Labute approximate surface area is 123 Å². The summed E-state index contributed by atoms with van der Waals surface area (Å²) in [7, 11) is 0. The van der Waals surface area contributed by atoms with Crippen molar-refractivity contribution in [3.8, 4) is 17.6 Å². The largest absolute Gasteiger partial charge is 0.508 e. The first-order valence-corrected chi connectivity index (χ1v) is 6.41. The molecule has 2 rings (SSSR count). The van der Waals surface area contributed by atoms with E-state index in [2.05, 4.69) is 21.2 Å². The number of nitrogens with two attached hydrogens (primary N) is 1. The van der Waals surface area contributed by atoms with Gasteiger partial charge in [-0.1, -0.05) is 17.9 Å². The molecule has 0 saturated heterocycles. The monoisotopic (exact) mass is 299 g/mol. The van der Waals surface area contributed by atoms with Crippen LogP contribution in [0.25, 0.3) is 0 Å². The number of nitrogen functional groups attached to an aromatic ring is 1. The Morgan fingerprint density at radius 3 is 2.86 bits per heavy atom. The molecule has 7 heteroatoms. The van der Waals surface area contributed by atoms with Gasteiger partial charge in [0.15, 0.2) is 0 Å². The molecule has 104 valence electrons. The van der Waals surface area contributed by atoms with Gasteiger partial charge in [-0.15, -0.1) is 4.36 Å². The Balaban J connectivity index is 2.39. The van der Waals surface area contributed by atoms with E-state index in [9.17, 15) is 14.1 Å². The van der Waals surface area contributed by atoms with Crippen molar-refractivity contribution in [3.63, 3.8) is 0 Å². The summed E-state index contributed by atoms with van der Waals surface area (Å²) in [6.45, 7) is 0. The van der Waals surface area contributed by atoms with Crippen LogP contribution in [-0.2, 0) is 11.5 Å². The zero-order chi connectivity index (χ0) is 15.2. The lowest BCUT2D eigenvalue weighted by Gasteiger charge is -1.99. The van der Waals surface area contributed by atoms with Crippen LogP contribution in [0, 0.1) is 11.8 Å². The minimum absolute atomic E-state index is 0.100. The van der Waals surface area contributed by atoms with Crippen LogP contribution in [-0.4, -0.2) is 20.2 Å². The molecule has 0 fully saturated rings. The number of hydrogen-bond donors (Lipinski definition) is 2. The van der Waals surface area contributed by atoms with Crippen LogP contribution in [0.1, 0.15) is 21.5 Å². The zero-order valence-electron chi connectivity index (χ0n) is 10.6. The summed E-state index contributed by atoms with van der Waals surface area (Å²) in [5.74, 6) is 5.14.